The summed E-state index contributed by atoms with van der Waals surface area (Å²) in [5.41, 5.74) is 1.09. The third-order valence-electron chi connectivity index (χ3n) is 1.39. The molecular weight excluding hydrogens is 209 g/mol. The van der Waals surface area contributed by atoms with Crippen molar-refractivity contribution in [3.63, 3.8) is 0 Å². The third-order valence-corrected chi connectivity index (χ3v) is 1.95. The lowest BCUT2D eigenvalue weighted by Gasteiger charge is -1.96. The molecule has 1 rings (SSSR count). The van der Waals surface area contributed by atoms with E-state index in [-0.39, 0.29) is 0 Å². The minimum atomic E-state index is -0.410. The monoisotopic (exact) mass is 217 g/mol. The van der Waals surface area contributed by atoms with Crippen LogP contribution in [0.15, 0.2) is 18.3 Å². The van der Waals surface area contributed by atoms with E-state index in [2.05, 4.69) is 20.9 Å². The first-order valence-electron chi connectivity index (χ1n) is 3.49. The third kappa shape index (κ3) is 2.97. The zero-order valence-corrected chi connectivity index (χ0v) is 7.64. The summed E-state index contributed by atoms with van der Waals surface area (Å²) in [5.74, 6) is -0.410. The fraction of sp³-hybridized carbons (Fsp3) is 0.375. The normalized spacial score (nSPS) is 10.0. The number of rotatable bonds is 3. The number of aromatic nitrogens is 1. The molecule has 3 heteroatoms. The maximum atomic E-state index is 12.3. The topological polar surface area (TPSA) is 12.9 Å². The lowest BCUT2D eigenvalue weighted by Crippen LogP contribution is -1.88. The number of aryl methyl sites for hydroxylation is 1. The van der Waals surface area contributed by atoms with Gasteiger partial charge < -0.3 is 0 Å². The zero-order chi connectivity index (χ0) is 8.10. The lowest BCUT2D eigenvalue weighted by atomic mass is 10.2. The van der Waals surface area contributed by atoms with E-state index in [0.29, 0.717) is 0 Å². The molecule has 11 heavy (non-hydrogen) atoms. The molecule has 0 radical (unpaired) electrons. The maximum absolute atomic E-state index is 12.3. The molecular formula is C8H9BrFN. The molecule has 1 heterocycles. The van der Waals surface area contributed by atoms with Gasteiger partial charge in [0.25, 0.3) is 0 Å². The molecule has 0 N–H and O–H groups in total. The molecule has 1 nitrogen and oxygen atoms in total. The Morgan fingerprint density at radius 2 is 2.27 bits per heavy atom. The standard InChI is InChI=1S/C8H9BrFN/c9-5-1-2-7-3-4-8(10)11-6-7/h3-4,6H,1-2,5H2. The quantitative estimate of drug-likeness (QED) is 0.561. The van der Waals surface area contributed by atoms with Gasteiger partial charge in [-0.2, -0.15) is 4.39 Å². The van der Waals surface area contributed by atoms with Crippen LogP contribution in [0.1, 0.15) is 12.0 Å². The smallest absolute Gasteiger partial charge is 0.212 e. The summed E-state index contributed by atoms with van der Waals surface area (Å²) in [6.07, 6.45) is 3.60. The first-order chi connectivity index (χ1) is 5.33. The summed E-state index contributed by atoms with van der Waals surface area (Å²) in [6.45, 7) is 0. The van der Waals surface area contributed by atoms with E-state index in [1.807, 2.05) is 0 Å². The molecule has 0 aromatic carbocycles. The SMILES string of the molecule is Fc1ccc(CCCBr)cn1. The molecule has 0 aliphatic carbocycles. The highest BCUT2D eigenvalue weighted by Crippen LogP contribution is 2.03. The van der Waals surface area contributed by atoms with Crippen LogP contribution < -0.4 is 0 Å². The van der Waals surface area contributed by atoms with Gasteiger partial charge in [0, 0.05) is 11.5 Å². The first-order valence-corrected chi connectivity index (χ1v) is 4.61. The number of halogens is 2. The Morgan fingerprint density at radius 3 is 2.82 bits per heavy atom. The highest BCUT2D eigenvalue weighted by atomic mass is 79.9. The molecule has 1 aromatic heterocycles. The second-order valence-electron chi connectivity index (χ2n) is 2.28. The Kier molecular flexibility index (Phi) is 3.49. The second kappa shape index (κ2) is 4.44. The van der Waals surface area contributed by atoms with E-state index < -0.39 is 5.95 Å². The van der Waals surface area contributed by atoms with Crippen LogP contribution in [0.2, 0.25) is 0 Å². The Labute approximate surface area is 73.8 Å². The van der Waals surface area contributed by atoms with E-state index in [4.69, 9.17) is 0 Å². The van der Waals surface area contributed by atoms with Gasteiger partial charge in [0.05, 0.1) is 0 Å². The fourth-order valence-corrected chi connectivity index (χ4v) is 1.11. The minimum Gasteiger partial charge on any atom is -0.228 e. The van der Waals surface area contributed by atoms with Crippen LogP contribution in [-0.2, 0) is 6.42 Å². The molecule has 60 valence electrons. The minimum absolute atomic E-state index is 0.410. The van der Waals surface area contributed by atoms with Crippen LogP contribution in [0.5, 0.6) is 0 Å². The molecule has 0 amide bonds. The maximum Gasteiger partial charge on any atom is 0.212 e. The Morgan fingerprint density at radius 1 is 1.45 bits per heavy atom. The predicted octanol–water partition coefficient (Wildman–Crippen LogP) is 2.55. The lowest BCUT2D eigenvalue weighted by molar-refractivity contribution is 0.582. The second-order valence-corrected chi connectivity index (χ2v) is 3.07. The molecule has 0 aliphatic rings. The summed E-state index contributed by atoms with van der Waals surface area (Å²) < 4.78 is 12.3. The van der Waals surface area contributed by atoms with Gasteiger partial charge in [0.15, 0.2) is 0 Å². The number of hydrogen-bond donors (Lipinski definition) is 0. The Balaban J connectivity index is 2.52. The van der Waals surface area contributed by atoms with E-state index in [9.17, 15) is 4.39 Å². The highest BCUT2D eigenvalue weighted by Gasteiger charge is 1.93. The van der Waals surface area contributed by atoms with Crippen molar-refractivity contribution in [3.8, 4) is 0 Å². The first kappa shape index (κ1) is 8.65. The predicted molar refractivity (Wildman–Crippen MR) is 46.3 cm³/mol. The van der Waals surface area contributed by atoms with Gasteiger partial charge in [-0.05, 0) is 24.5 Å². The molecule has 0 saturated carbocycles. The van der Waals surface area contributed by atoms with Crippen LogP contribution in [0.3, 0.4) is 0 Å². The molecule has 0 bridgehead atoms. The van der Waals surface area contributed by atoms with Crippen molar-refractivity contribution in [2.24, 2.45) is 0 Å². The van der Waals surface area contributed by atoms with E-state index in [1.165, 1.54) is 6.07 Å². The average Bonchev–Trinajstić information content (AvgIpc) is 2.04. The summed E-state index contributed by atoms with van der Waals surface area (Å²) in [7, 11) is 0. The number of nitrogens with zero attached hydrogens (tertiary/aromatic N) is 1. The fourth-order valence-electron chi connectivity index (χ4n) is 0.825. The number of pyridine rings is 1. The van der Waals surface area contributed by atoms with Gasteiger partial charge in [-0.25, -0.2) is 4.98 Å². The van der Waals surface area contributed by atoms with E-state index >= 15 is 0 Å². The van der Waals surface area contributed by atoms with Gasteiger partial charge in [-0.3, -0.25) is 0 Å². The summed E-state index contributed by atoms with van der Waals surface area (Å²) >= 11 is 3.33. The van der Waals surface area contributed by atoms with Crippen LogP contribution in [0.25, 0.3) is 0 Å². The molecule has 0 aliphatic heterocycles. The van der Waals surface area contributed by atoms with Crippen LogP contribution >= 0.6 is 15.9 Å². The van der Waals surface area contributed by atoms with Gasteiger partial charge >= 0.3 is 0 Å². The Hall–Kier alpha value is -0.440. The van der Waals surface area contributed by atoms with E-state index in [1.54, 1.807) is 12.3 Å². The van der Waals surface area contributed by atoms with Crippen molar-refractivity contribution in [2.75, 3.05) is 5.33 Å². The Bertz CT molecular complexity index is 210. The van der Waals surface area contributed by atoms with Crippen LogP contribution in [0.4, 0.5) is 4.39 Å². The average molecular weight is 218 g/mol. The molecule has 0 spiro atoms. The summed E-state index contributed by atoms with van der Waals surface area (Å²) in [4.78, 5) is 3.55. The van der Waals surface area contributed by atoms with Crippen LogP contribution in [0, 0.1) is 5.95 Å². The van der Waals surface area contributed by atoms with Crippen molar-refractivity contribution in [3.05, 3.63) is 29.8 Å². The van der Waals surface area contributed by atoms with Gasteiger partial charge in [-0.1, -0.05) is 22.0 Å². The largest absolute Gasteiger partial charge is 0.228 e. The van der Waals surface area contributed by atoms with Crippen LogP contribution in [-0.4, -0.2) is 10.3 Å². The van der Waals surface area contributed by atoms with Crippen molar-refractivity contribution in [1.29, 1.82) is 0 Å². The van der Waals surface area contributed by atoms with Crippen molar-refractivity contribution < 1.29 is 4.39 Å². The number of alkyl halides is 1. The van der Waals surface area contributed by atoms with Crippen molar-refractivity contribution in [1.82, 2.24) is 4.98 Å². The summed E-state index contributed by atoms with van der Waals surface area (Å²) in [6, 6.07) is 3.16. The molecule has 0 fully saturated rings. The molecule has 0 saturated heterocycles. The number of hydrogen-bond acceptors (Lipinski definition) is 1. The van der Waals surface area contributed by atoms with Gasteiger partial charge in [-0.15, -0.1) is 0 Å². The zero-order valence-electron chi connectivity index (χ0n) is 6.06. The van der Waals surface area contributed by atoms with E-state index in [0.717, 1.165) is 23.7 Å². The highest BCUT2D eigenvalue weighted by molar-refractivity contribution is 9.09. The molecule has 0 atom stereocenters. The van der Waals surface area contributed by atoms with Crippen molar-refractivity contribution in [2.45, 2.75) is 12.8 Å². The van der Waals surface area contributed by atoms with Gasteiger partial charge in [0.2, 0.25) is 5.95 Å². The summed E-state index contributed by atoms with van der Waals surface area (Å²) in [5, 5.41) is 0.977. The van der Waals surface area contributed by atoms with Crippen molar-refractivity contribution >= 4 is 15.9 Å². The van der Waals surface area contributed by atoms with Gasteiger partial charge in [0.1, 0.15) is 0 Å². The molecule has 0 unspecified atom stereocenters. The molecule has 1 aromatic rings.